The van der Waals surface area contributed by atoms with E-state index in [0.29, 0.717) is 5.75 Å². The van der Waals surface area contributed by atoms with Gasteiger partial charge in [-0.15, -0.1) is 0 Å². The monoisotopic (exact) mass is 264 g/mol. The van der Waals surface area contributed by atoms with E-state index in [9.17, 15) is 10.2 Å². The molecular weight excluding hydrogens is 240 g/mol. The molecule has 0 aromatic heterocycles. The van der Waals surface area contributed by atoms with Crippen molar-refractivity contribution in [2.24, 2.45) is 0 Å². The van der Waals surface area contributed by atoms with E-state index in [1.165, 1.54) is 5.69 Å². The molecule has 0 spiro atoms. The lowest BCUT2D eigenvalue weighted by Crippen LogP contribution is -2.47. The summed E-state index contributed by atoms with van der Waals surface area (Å²) in [5.74, 6) is 0.316. The highest BCUT2D eigenvalue weighted by Crippen LogP contribution is 2.19. The summed E-state index contributed by atoms with van der Waals surface area (Å²) in [4.78, 5) is 4.75. The van der Waals surface area contributed by atoms with E-state index in [0.717, 1.165) is 45.6 Å². The van der Waals surface area contributed by atoms with Crippen LogP contribution in [-0.4, -0.2) is 53.9 Å². The third kappa shape index (κ3) is 4.11. The number of anilines is 1. The van der Waals surface area contributed by atoms with Crippen molar-refractivity contribution in [3.63, 3.8) is 0 Å². The van der Waals surface area contributed by atoms with Crippen LogP contribution in [0.5, 0.6) is 5.75 Å². The Hall–Kier alpha value is -1.26. The average Bonchev–Trinajstić information content (AvgIpc) is 2.46. The van der Waals surface area contributed by atoms with E-state index >= 15 is 0 Å². The lowest BCUT2D eigenvalue weighted by atomic mass is 10.2. The molecule has 1 aromatic rings. The molecular formula is C15H24N2O2. The Kier molecular flexibility index (Phi) is 5.05. The Balaban J connectivity index is 1.77. The van der Waals surface area contributed by atoms with Crippen LogP contribution in [0.15, 0.2) is 24.3 Å². The lowest BCUT2D eigenvalue weighted by molar-refractivity contribution is 0.134. The predicted octanol–water partition coefficient (Wildman–Crippen LogP) is 1.68. The number of benzene rings is 1. The highest BCUT2D eigenvalue weighted by atomic mass is 16.3. The highest BCUT2D eigenvalue weighted by Gasteiger charge is 2.17. The maximum absolute atomic E-state index is 9.58. The van der Waals surface area contributed by atoms with Crippen molar-refractivity contribution in [1.29, 1.82) is 0 Å². The molecule has 1 unspecified atom stereocenters. The minimum atomic E-state index is -0.157. The van der Waals surface area contributed by atoms with Gasteiger partial charge in [-0.05, 0) is 37.1 Å². The molecule has 1 aliphatic heterocycles. The third-order valence-electron chi connectivity index (χ3n) is 3.84. The second kappa shape index (κ2) is 6.78. The fourth-order valence-corrected chi connectivity index (χ4v) is 2.43. The molecule has 1 fully saturated rings. The Morgan fingerprint density at radius 2 is 1.74 bits per heavy atom. The normalized spacial score (nSPS) is 18.5. The molecule has 0 bridgehead atoms. The van der Waals surface area contributed by atoms with Gasteiger partial charge in [0.1, 0.15) is 5.75 Å². The molecule has 1 aliphatic rings. The van der Waals surface area contributed by atoms with E-state index in [1.54, 1.807) is 12.1 Å². The molecule has 1 atom stereocenters. The number of piperazine rings is 1. The Bertz CT molecular complexity index is 372. The first-order chi connectivity index (χ1) is 9.19. The number of hydrogen-bond donors (Lipinski definition) is 2. The van der Waals surface area contributed by atoms with Crippen LogP contribution in [0.3, 0.4) is 0 Å². The SMILES string of the molecule is CCC(O)CCN1CCN(c2ccc(O)cc2)CC1. The molecule has 0 radical (unpaired) electrons. The number of phenolic OH excluding ortho intramolecular Hbond substituents is 1. The van der Waals surface area contributed by atoms with E-state index in [4.69, 9.17) is 0 Å². The van der Waals surface area contributed by atoms with Gasteiger partial charge in [0.05, 0.1) is 6.10 Å². The van der Waals surface area contributed by atoms with Gasteiger partial charge in [0.15, 0.2) is 0 Å². The van der Waals surface area contributed by atoms with Crippen LogP contribution in [0.25, 0.3) is 0 Å². The van der Waals surface area contributed by atoms with Gasteiger partial charge in [-0.3, -0.25) is 4.90 Å². The molecule has 1 saturated heterocycles. The molecule has 2 N–H and O–H groups in total. The highest BCUT2D eigenvalue weighted by molar-refractivity contribution is 5.49. The van der Waals surface area contributed by atoms with Crippen LogP contribution in [-0.2, 0) is 0 Å². The standard InChI is InChI=1S/C15H24N2O2/c1-2-14(18)7-8-16-9-11-17(12-10-16)13-3-5-15(19)6-4-13/h3-6,14,18-19H,2,7-12H2,1H3. The minimum Gasteiger partial charge on any atom is -0.508 e. The van der Waals surface area contributed by atoms with E-state index in [-0.39, 0.29) is 6.10 Å². The summed E-state index contributed by atoms with van der Waals surface area (Å²) >= 11 is 0. The van der Waals surface area contributed by atoms with Gasteiger partial charge in [-0.1, -0.05) is 6.92 Å². The maximum atomic E-state index is 9.58. The first-order valence-electron chi connectivity index (χ1n) is 7.13. The number of hydrogen-bond acceptors (Lipinski definition) is 4. The number of aromatic hydroxyl groups is 1. The van der Waals surface area contributed by atoms with Crippen molar-refractivity contribution in [1.82, 2.24) is 4.90 Å². The Morgan fingerprint density at radius 3 is 2.32 bits per heavy atom. The topological polar surface area (TPSA) is 46.9 Å². The zero-order chi connectivity index (χ0) is 13.7. The van der Waals surface area contributed by atoms with Gasteiger partial charge in [-0.2, -0.15) is 0 Å². The molecule has 19 heavy (non-hydrogen) atoms. The van der Waals surface area contributed by atoms with Crippen molar-refractivity contribution in [3.8, 4) is 5.75 Å². The summed E-state index contributed by atoms with van der Waals surface area (Å²) < 4.78 is 0. The molecule has 2 rings (SSSR count). The van der Waals surface area contributed by atoms with Gasteiger partial charge in [0.25, 0.3) is 0 Å². The van der Waals surface area contributed by atoms with Crippen LogP contribution < -0.4 is 4.90 Å². The zero-order valence-electron chi connectivity index (χ0n) is 11.6. The Morgan fingerprint density at radius 1 is 1.11 bits per heavy atom. The summed E-state index contributed by atoms with van der Waals surface area (Å²) in [5, 5.41) is 18.9. The second-order valence-corrected chi connectivity index (χ2v) is 5.20. The average molecular weight is 264 g/mol. The van der Waals surface area contributed by atoms with Gasteiger partial charge in [0, 0.05) is 38.4 Å². The fourth-order valence-electron chi connectivity index (χ4n) is 2.43. The molecule has 0 saturated carbocycles. The molecule has 0 aliphatic carbocycles. The first-order valence-corrected chi connectivity index (χ1v) is 7.13. The summed E-state index contributed by atoms with van der Waals surface area (Å²) in [7, 11) is 0. The molecule has 1 aromatic carbocycles. The first kappa shape index (κ1) is 14.2. The third-order valence-corrected chi connectivity index (χ3v) is 3.84. The number of rotatable bonds is 5. The number of aliphatic hydroxyl groups excluding tert-OH is 1. The zero-order valence-corrected chi connectivity index (χ0v) is 11.6. The van der Waals surface area contributed by atoms with E-state index in [2.05, 4.69) is 9.80 Å². The van der Waals surface area contributed by atoms with Gasteiger partial charge in [-0.25, -0.2) is 0 Å². The van der Waals surface area contributed by atoms with Crippen LogP contribution in [0.4, 0.5) is 5.69 Å². The minimum absolute atomic E-state index is 0.157. The number of phenols is 1. The van der Waals surface area contributed by atoms with Crippen molar-refractivity contribution in [3.05, 3.63) is 24.3 Å². The maximum Gasteiger partial charge on any atom is 0.115 e. The smallest absolute Gasteiger partial charge is 0.115 e. The largest absolute Gasteiger partial charge is 0.508 e. The van der Waals surface area contributed by atoms with Gasteiger partial charge in [0.2, 0.25) is 0 Å². The van der Waals surface area contributed by atoms with Crippen LogP contribution in [0.1, 0.15) is 19.8 Å². The van der Waals surface area contributed by atoms with E-state index < -0.39 is 0 Å². The summed E-state index contributed by atoms with van der Waals surface area (Å²) in [6.45, 7) is 7.10. The van der Waals surface area contributed by atoms with Crippen molar-refractivity contribution in [2.45, 2.75) is 25.9 Å². The van der Waals surface area contributed by atoms with E-state index in [1.807, 2.05) is 19.1 Å². The van der Waals surface area contributed by atoms with Crippen LogP contribution in [0.2, 0.25) is 0 Å². The quantitative estimate of drug-likeness (QED) is 0.849. The molecule has 4 heteroatoms. The molecule has 0 amide bonds. The van der Waals surface area contributed by atoms with Crippen molar-refractivity contribution >= 4 is 5.69 Å². The second-order valence-electron chi connectivity index (χ2n) is 5.20. The predicted molar refractivity (Wildman–Crippen MR) is 77.7 cm³/mol. The van der Waals surface area contributed by atoms with Crippen LogP contribution >= 0.6 is 0 Å². The summed E-state index contributed by atoms with van der Waals surface area (Å²) in [6, 6.07) is 7.40. The van der Waals surface area contributed by atoms with Crippen LogP contribution in [0, 0.1) is 0 Å². The molecule has 4 nitrogen and oxygen atoms in total. The molecule has 106 valence electrons. The number of nitrogens with zero attached hydrogens (tertiary/aromatic N) is 2. The van der Waals surface area contributed by atoms with Gasteiger partial charge < -0.3 is 15.1 Å². The number of aliphatic hydroxyl groups is 1. The molecule has 1 heterocycles. The van der Waals surface area contributed by atoms with Crippen molar-refractivity contribution in [2.75, 3.05) is 37.6 Å². The van der Waals surface area contributed by atoms with Crippen molar-refractivity contribution < 1.29 is 10.2 Å². The fraction of sp³-hybridized carbons (Fsp3) is 0.600. The summed E-state index contributed by atoms with van der Waals surface area (Å²) in [6.07, 6.45) is 1.55. The lowest BCUT2D eigenvalue weighted by Gasteiger charge is -2.36. The Labute approximate surface area is 115 Å². The summed E-state index contributed by atoms with van der Waals surface area (Å²) in [5.41, 5.74) is 1.17. The van der Waals surface area contributed by atoms with Gasteiger partial charge >= 0.3 is 0 Å².